The normalized spacial score (nSPS) is 15.3. The number of benzene rings is 2. The van der Waals surface area contributed by atoms with Crippen molar-refractivity contribution < 1.29 is 23.5 Å². The zero-order chi connectivity index (χ0) is 24.8. The Balaban J connectivity index is 1.42. The van der Waals surface area contributed by atoms with Crippen molar-refractivity contribution in [3.8, 4) is 23.1 Å². The largest absolute Gasteiger partial charge is 0.457 e. The fraction of sp³-hybridized carbons (Fsp3) is 0.192. The maximum Gasteiger partial charge on any atom is 0.254 e. The van der Waals surface area contributed by atoms with Gasteiger partial charge in [-0.3, -0.25) is 9.59 Å². The van der Waals surface area contributed by atoms with Gasteiger partial charge < -0.3 is 25.4 Å². The summed E-state index contributed by atoms with van der Waals surface area (Å²) in [6.07, 6.45) is 5.59. The number of nitrogens with two attached hydrogens (primary N) is 1. The number of amides is 2. The summed E-state index contributed by atoms with van der Waals surface area (Å²) < 4.78 is 24.7. The fourth-order valence-electron chi connectivity index (χ4n) is 3.70. The van der Waals surface area contributed by atoms with Crippen LogP contribution in [0.3, 0.4) is 0 Å². The molecule has 0 saturated carbocycles. The summed E-state index contributed by atoms with van der Waals surface area (Å²) in [5.74, 6) is 0.250. The lowest BCUT2D eigenvalue weighted by atomic mass is 10.2. The highest BCUT2D eigenvalue weighted by molar-refractivity contribution is 5.96. The van der Waals surface area contributed by atoms with Crippen molar-refractivity contribution in [2.75, 3.05) is 18.4 Å². The molecule has 0 bridgehead atoms. The third-order valence-electron chi connectivity index (χ3n) is 5.37. The maximum atomic E-state index is 13.3. The molecule has 2 amide bonds. The van der Waals surface area contributed by atoms with Gasteiger partial charge in [0.1, 0.15) is 28.6 Å². The van der Waals surface area contributed by atoms with Gasteiger partial charge in [0.05, 0.1) is 11.9 Å². The van der Waals surface area contributed by atoms with Gasteiger partial charge in [-0.15, -0.1) is 0 Å². The quantitative estimate of drug-likeness (QED) is 0.464. The first kappa shape index (κ1) is 23.7. The van der Waals surface area contributed by atoms with E-state index in [-0.39, 0.29) is 23.4 Å². The summed E-state index contributed by atoms with van der Waals surface area (Å²) >= 11 is 0. The number of hydrogen-bond donors (Lipinski definition) is 2. The molecule has 3 N–H and O–H groups in total. The molecule has 1 aromatic heterocycles. The molecule has 180 valence electrons. The highest BCUT2D eigenvalue weighted by Gasteiger charge is 2.25. The molecule has 0 radical (unpaired) electrons. The first-order valence-electron chi connectivity index (χ1n) is 11.1. The lowest BCUT2D eigenvalue weighted by Gasteiger charge is -2.17. The van der Waals surface area contributed by atoms with Crippen LogP contribution >= 0.6 is 0 Å². The van der Waals surface area contributed by atoms with Gasteiger partial charge in [0.15, 0.2) is 0 Å². The molecule has 1 unspecified atom stereocenters. The van der Waals surface area contributed by atoms with Crippen LogP contribution in [0.1, 0.15) is 23.7 Å². The molecule has 35 heavy (non-hydrogen) atoms. The molecule has 2 aromatic carbocycles. The van der Waals surface area contributed by atoms with Crippen LogP contribution in [0.5, 0.6) is 23.1 Å². The molecule has 9 heteroatoms. The Morgan fingerprint density at radius 1 is 1.11 bits per heavy atom. The molecule has 2 heterocycles. The van der Waals surface area contributed by atoms with Crippen LogP contribution in [-0.2, 0) is 4.79 Å². The summed E-state index contributed by atoms with van der Waals surface area (Å²) in [6, 6.07) is 14.0. The number of carbonyl (C=O) groups excluding carboxylic acids is 2. The van der Waals surface area contributed by atoms with Gasteiger partial charge in [0.25, 0.3) is 5.91 Å². The molecule has 0 spiro atoms. The highest BCUT2D eigenvalue weighted by Crippen LogP contribution is 2.29. The van der Waals surface area contributed by atoms with Crippen molar-refractivity contribution in [3.05, 3.63) is 84.3 Å². The lowest BCUT2D eigenvalue weighted by molar-refractivity contribution is -0.125. The molecular weight excluding hydrogens is 451 g/mol. The Hall–Kier alpha value is -4.40. The van der Waals surface area contributed by atoms with Gasteiger partial charge in [-0.25, -0.2) is 9.37 Å². The first-order valence-corrected chi connectivity index (χ1v) is 11.1. The Morgan fingerprint density at radius 3 is 2.54 bits per heavy atom. The number of aromatic nitrogens is 1. The van der Waals surface area contributed by atoms with Gasteiger partial charge >= 0.3 is 0 Å². The van der Waals surface area contributed by atoms with Gasteiger partial charge in [0.2, 0.25) is 11.8 Å². The molecule has 1 fully saturated rings. The number of allylic oxidation sites excluding steroid dienone is 1. The van der Waals surface area contributed by atoms with E-state index in [9.17, 15) is 14.0 Å². The zero-order valence-electron chi connectivity index (χ0n) is 19.1. The summed E-state index contributed by atoms with van der Waals surface area (Å²) in [6.45, 7) is 3.01. The van der Waals surface area contributed by atoms with Crippen LogP contribution in [0.15, 0.2) is 72.9 Å². The van der Waals surface area contributed by atoms with Crippen LogP contribution in [0, 0.1) is 5.82 Å². The molecule has 3 aromatic rings. The number of anilines is 1. The number of likely N-dealkylation sites (tertiary alicyclic amines) is 1. The molecule has 1 aliphatic rings. The van der Waals surface area contributed by atoms with Gasteiger partial charge in [0, 0.05) is 25.2 Å². The Bertz CT molecular complexity index is 1250. The maximum absolute atomic E-state index is 13.3. The van der Waals surface area contributed by atoms with Crippen molar-refractivity contribution in [2.45, 2.75) is 19.4 Å². The first-order chi connectivity index (χ1) is 16.9. The van der Waals surface area contributed by atoms with E-state index in [1.54, 1.807) is 72.6 Å². The summed E-state index contributed by atoms with van der Waals surface area (Å²) in [4.78, 5) is 30.1. The Kier molecular flexibility index (Phi) is 7.25. The minimum atomic E-state index is -0.682. The molecule has 4 rings (SSSR count). The number of nitrogens with zero attached hydrogens (tertiary/aromatic N) is 2. The second-order valence-corrected chi connectivity index (χ2v) is 7.99. The molecule has 1 saturated heterocycles. The van der Waals surface area contributed by atoms with E-state index in [0.29, 0.717) is 36.0 Å². The fourth-order valence-corrected chi connectivity index (χ4v) is 3.70. The van der Waals surface area contributed by atoms with Crippen LogP contribution in [-0.4, -0.2) is 40.8 Å². The summed E-state index contributed by atoms with van der Waals surface area (Å²) in [7, 11) is 0. The smallest absolute Gasteiger partial charge is 0.254 e. The van der Waals surface area contributed by atoms with Crippen LogP contribution in [0.4, 0.5) is 10.1 Å². The molecular formula is C26H25FN4O4. The highest BCUT2D eigenvalue weighted by atomic mass is 19.1. The number of pyridine rings is 1. The number of primary amides is 1. The van der Waals surface area contributed by atoms with Crippen LogP contribution in [0.25, 0.3) is 0 Å². The average Bonchev–Trinajstić information content (AvgIpc) is 3.30. The molecule has 0 aliphatic carbocycles. The average molecular weight is 477 g/mol. The Labute approximate surface area is 202 Å². The van der Waals surface area contributed by atoms with E-state index < -0.39 is 11.7 Å². The summed E-state index contributed by atoms with van der Waals surface area (Å²) in [5.41, 5.74) is 6.29. The second kappa shape index (κ2) is 10.7. The number of carbonyl (C=O) groups is 2. The van der Waals surface area contributed by atoms with Gasteiger partial charge in [-0.2, -0.15) is 0 Å². The van der Waals surface area contributed by atoms with Gasteiger partial charge in [-0.05, 0) is 61.9 Å². The number of hydrogen-bond acceptors (Lipinski definition) is 6. The third-order valence-corrected chi connectivity index (χ3v) is 5.37. The molecule has 1 atom stereocenters. The predicted octanol–water partition coefficient (Wildman–Crippen LogP) is 4.49. The molecule has 1 aliphatic heterocycles. The van der Waals surface area contributed by atoms with Crippen molar-refractivity contribution >= 4 is 17.5 Å². The zero-order valence-corrected chi connectivity index (χ0v) is 19.1. The van der Waals surface area contributed by atoms with Crippen molar-refractivity contribution in [3.63, 3.8) is 0 Å². The van der Waals surface area contributed by atoms with Crippen molar-refractivity contribution in [1.82, 2.24) is 9.88 Å². The minimum absolute atomic E-state index is 0.0242. The van der Waals surface area contributed by atoms with E-state index in [1.165, 1.54) is 12.1 Å². The van der Waals surface area contributed by atoms with E-state index >= 15 is 0 Å². The third kappa shape index (κ3) is 6.14. The van der Waals surface area contributed by atoms with E-state index in [4.69, 9.17) is 15.2 Å². The summed E-state index contributed by atoms with van der Waals surface area (Å²) in [5, 5.41) is 3.30. The molecule has 8 nitrogen and oxygen atoms in total. The number of halogens is 1. The van der Waals surface area contributed by atoms with Gasteiger partial charge in [-0.1, -0.05) is 12.1 Å². The number of ether oxygens (including phenoxy) is 2. The van der Waals surface area contributed by atoms with Crippen LogP contribution < -0.4 is 20.5 Å². The number of nitrogens with one attached hydrogen (secondary N) is 1. The van der Waals surface area contributed by atoms with Crippen molar-refractivity contribution in [2.24, 2.45) is 5.73 Å². The standard InChI is InChI=1S/C26H25FN4O4/c1-2-4-24(32)31-12-11-18(16-31)30-19-14-23(25(28)33)26(29-15-19)35-21-9-7-20(8-10-21)34-22-6-3-5-17(27)13-22/h2-10,13-15,18,30H,11-12,16H2,1H3,(H2,28,33). The minimum Gasteiger partial charge on any atom is -0.457 e. The SMILES string of the molecule is CC=CC(=O)N1CCC(Nc2cnc(Oc3ccc(Oc4cccc(F)c4)cc3)c(C(N)=O)c2)C1. The Morgan fingerprint density at radius 2 is 1.86 bits per heavy atom. The predicted molar refractivity (Wildman–Crippen MR) is 129 cm³/mol. The lowest BCUT2D eigenvalue weighted by Crippen LogP contribution is -2.30. The number of rotatable bonds is 8. The van der Waals surface area contributed by atoms with E-state index in [0.717, 1.165) is 6.42 Å². The second-order valence-electron chi connectivity index (χ2n) is 7.99. The van der Waals surface area contributed by atoms with E-state index in [2.05, 4.69) is 10.3 Å². The van der Waals surface area contributed by atoms with E-state index in [1.807, 2.05) is 0 Å². The van der Waals surface area contributed by atoms with Crippen molar-refractivity contribution in [1.29, 1.82) is 0 Å². The topological polar surface area (TPSA) is 107 Å². The van der Waals surface area contributed by atoms with Crippen LogP contribution in [0.2, 0.25) is 0 Å². The monoisotopic (exact) mass is 476 g/mol.